The van der Waals surface area contributed by atoms with Crippen molar-refractivity contribution < 1.29 is 19.1 Å². The second-order valence-corrected chi connectivity index (χ2v) is 13.1. The normalized spacial score (nSPS) is 12.0. The van der Waals surface area contributed by atoms with E-state index >= 15 is 0 Å². The van der Waals surface area contributed by atoms with Crippen molar-refractivity contribution in [3.05, 3.63) is 0 Å². The van der Waals surface area contributed by atoms with E-state index in [1.165, 1.54) is 141 Å². The number of rotatable bonds is 33. The molecule has 0 aliphatic heterocycles. The van der Waals surface area contributed by atoms with Crippen molar-refractivity contribution in [2.24, 2.45) is 0 Å². The number of ether oxygens (including phenoxy) is 2. The standard InChI is InChI=1S/C36H70O4S/c1-4-6-8-10-12-14-16-18-20-22-24-26-28-30-35(37)39-32-34(33-41-3)40-36(38)31-29-27-25-23-21-19-17-15-13-11-9-7-5-2/h34H,4-33H2,1-3H3. The molecule has 0 amide bonds. The summed E-state index contributed by atoms with van der Waals surface area (Å²) >= 11 is 1.62. The summed E-state index contributed by atoms with van der Waals surface area (Å²) in [7, 11) is 0. The molecular formula is C36H70O4S. The number of hydrogen-bond acceptors (Lipinski definition) is 5. The van der Waals surface area contributed by atoms with E-state index in [4.69, 9.17) is 9.47 Å². The lowest BCUT2D eigenvalue weighted by molar-refractivity contribution is -0.157. The van der Waals surface area contributed by atoms with Crippen LogP contribution < -0.4 is 0 Å². The Labute approximate surface area is 260 Å². The van der Waals surface area contributed by atoms with E-state index in [1.54, 1.807) is 11.8 Å². The first-order chi connectivity index (χ1) is 20.1. The van der Waals surface area contributed by atoms with Gasteiger partial charge in [-0.05, 0) is 19.1 Å². The average Bonchev–Trinajstić information content (AvgIpc) is 2.96. The lowest BCUT2D eigenvalue weighted by Gasteiger charge is -2.17. The first-order valence-corrected chi connectivity index (χ1v) is 19.4. The molecule has 0 spiro atoms. The molecule has 0 aliphatic rings. The summed E-state index contributed by atoms with van der Waals surface area (Å²) < 4.78 is 11.1. The molecule has 0 aliphatic carbocycles. The second-order valence-electron chi connectivity index (χ2n) is 12.2. The van der Waals surface area contributed by atoms with Gasteiger partial charge in [0.25, 0.3) is 0 Å². The van der Waals surface area contributed by atoms with Crippen LogP contribution in [0.1, 0.15) is 194 Å². The number of thioether (sulfide) groups is 1. The smallest absolute Gasteiger partial charge is 0.306 e. The summed E-state index contributed by atoms with van der Waals surface area (Å²) in [4.78, 5) is 24.5. The summed E-state index contributed by atoms with van der Waals surface area (Å²) in [6, 6.07) is 0. The van der Waals surface area contributed by atoms with Gasteiger partial charge < -0.3 is 9.47 Å². The van der Waals surface area contributed by atoms with E-state index in [-0.39, 0.29) is 24.6 Å². The third-order valence-electron chi connectivity index (χ3n) is 8.05. The zero-order chi connectivity index (χ0) is 30.1. The Morgan fingerprint density at radius 1 is 0.488 bits per heavy atom. The average molecular weight is 599 g/mol. The number of carbonyl (C=O) groups is 2. The van der Waals surface area contributed by atoms with E-state index in [1.807, 2.05) is 6.26 Å². The van der Waals surface area contributed by atoms with Gasteiger partial charge in [0.2, 0.25) is 0 Å². The lowest BCUT2D eigenvalue weighted by Crippen LogP contribution is -2.27. The first kappa shape index (κ1) is 40.3. The molecule has 0 radical (unpaired) electrons. The zero-order valence-corrected chi connectivity index (χ0v) is 28.6. The van der Waals surface area contributed by atoms with Crippen LogP contribution in [0, 0.1) is 0 Å². The van der Waals surface area contributed by atoms with Gasteiger partial charge in [-0.3, -0.25) is 9.59 Å². The molecule has 5 heteroatoms. The zero-order valence-electron chi connectivity index (χ0n) is 27.8. The number of hydrogen-bond donors (Lipinski definition) is 0. The fourth-order valence-electron chi connectivity index (χ4n) is 5.38. The maximum absolute atomic E-state index is 12.3. The van der Waals surface area contributed by atoms with Crippen LogP contribution in [0.3, 0.4) is 0 Å². The predicted octanol–water partition coefficient (Wildman–Crippen LogP) is 11.8. The maximum Gasteiger partial charge on any atom is 0.306 e. The van der Waals surface area contributed by atoms with Crippen LogP contribution >= 0.6 is 11.8 Å². The monoisotopic (exact) mass is 598 g/mol. The molecule has 0 bridgehead atoms. The van der Waals surface area contributed by atoms with Crippen LogP contribution in [0.4, 0.5) is 0 Å². The van der Waals surface area contributed by atoms with Crippen LogP contribution in [-0.2, 0) is 19.1 Å². The highest BCUT2D eigenvalue weighted by molar-refractivity contribution is 7.98. The Bertz CT molecular complexity index is 554. The molecule has 244 valence electrons. The Kier molecular flexibility index (Phi) is 33.2. The number of unbranched alkanes of at least 4 members (excludes halogenated alkanes) is 24. The molecule has 0 N–H and O–H groups in total. The van der Waals surface area contributed by atoms with Gasteiger partial charge in [-0.25, -0.2) is 0 Å². The fourth-order valence-corrected chi connectivity index (χ4v) is 5.92. The molecule has 0 aromatic carbocycles. The van der Waals surface area contributed by atoms with E-state index < -0.39 is 0 Å². The third kappa shape index (κ3) is 32.0. The molecule has 1 unspecified atom stereocenters. The predicted molar refractivity (Wildman–Crippen MR) is 180 cm³/mol. The Hall–Kier alpha value is -0.710. The minimum atomic E-state index is -0.338. The van der Waals surface area contributed by atoms with Gasteiger partial charge in [-0.15, -0.1) is 0 Å². The van der Waals surface area contributed by atoms with Gasteiger partial charge in [0.15, 0.2) is 0 Å². The summed E-state index contributed by atoms with van der Waals surface area (Å²) in [6.45, 7) is 4.72. The van der Waals surface area contributed by atoms with Gasteiger partial charge in [0.05, 0.1) is 0 Å². The van der Waals surface area contributed by atoms with Crippen molar-refractivity contribution in [3.63, 3.8) is 0 Å². The van der Waals surface area contributed by atoms with Crippen LogP contribution in [0.2, 0.25) is 0 Å². The molecule has 4 nitrogen and oxygen atoms in total. The highest BCUT2D eigenvalue weighted by Gasteiger charge is 2.16. The van der Waals surface area contributed by atoms with Gasteiger partial charge in [-0.1, -0.05) is 168 Å². The SMILES string of the molecule is CCCCCCCCCCCCCCCC(=O)OCC(CSC)OC(=O)CCCCCCCCCCCCCCC. The van der Waals surface area contributed by atoms with Crippen molar-refractivity contribution in [3.8, 4) is 0 Å². The number of esters is 2. The molecule has 0 saturated heterocycles. The molecule has 0 rings (SSSR count). The van der Waals surface area contributed by atoms with Crippen molar-refractivity contribution in [1.82, 2.24) is 0 Å². The molecule has 0 saturated carbocycles. The van der Waals surface area contributed by atoms with Gasteiger partial charge in [0.1, 0.15) is 12.7 Å². The molecule has 0 aromatic rings. The highest BCUT2D eigenvalue weighted by atomic mass is 32.2. The number of carbonyl (C=O) groups excluding carboxylic acids is 2. The molecule has 0 fully saturated rings. The van der Waals surface area contributed by atoms with Gasteiger partial charge in [0, 0.05) is 18.6 Å². The van der Waals surface area contributed by atoms with Crippen LogP contribution in [0.25, 0.3) is 0 Å². The van der Waals surface area contributed by atoms with Gasteiger partial charge in [-0.2, -0.15) is 11.8 Å². The lowest BCUT2D eigenvalue weighted by atomic mass is 10.0. The molecule has 41 heavy (non-hydrogen) atoms. The summed E-state index contributed by atoms with van der Waals surface area (Å²) in [5.74, 6) is 0.350. The topological polar surface area (TPSA) is 52.6 Å². The minimum Gasteiger partial charge on any atom is -0.462 e. The molecule has 0 heterocycles. The third-order valence-corrected chi connectivity index (χ3v) is 8.75. The van der Waals surface area contributed by atoms with Crippen LogP contribution in [0.15, 0.2) is 0 Å². The second kappa shape index (κ2) is 33.8. The Morgan fingerprint density at radius 3 is 1.15 bits per heavy atom. The van der Waals surface area contributed by atoms with Crippen molar-refractivity contribution >= 4 is 23.7 Å². The fraction of sp³-hybridized carbons (Fsp3) is 0.944. The van der Waals surface area contributed by atoms with Crippen molar-refractivity contribution in [2.75, 3.05) is 18.6 Å². The van der Waals surface area contributed by atoms with Gasteiger partial charge >= 0.3 is 11.9 Å². The molecule has 1 atom stereocenters. The van der Waals surface area contributed by atoms with Crippen molar-refractivity contribution in [2.45, 2.75) is 200 Å². The van der Waals surface area contributed by atoms with E-state index in [9.17, 15) is 9.59 Å². The van der Waals surface area contributed by atoms with Crippen LogP contribution in [0.5, 0.6) is 0 Å². The maximum atomic E-state index is 12.3. The van der Waals surface area contributed by atoms with E-state index in [0.717, 1.165) is 25.7 Å². The summed E-state index contributed by atoms with van der Waals surface area (Å²) in [5, 5.41) is 0. The van der Waals surface area contributed by atoms with Crippen molar-refractivity contribution in [1.29, 1.82) is 0 Å². The largest absolute Gasteiger partial charge is 0.462 e. The molecular weight excluding hydrogens is 528 g/mol. The first-order valence-electron chi connectivity index (χ1n) is 18.0. The molecule has 0 aromatic heterocycles. The quantitative estimate of drug-likeness (QED) is 0.0555. The Balaban J connectivity index is 3.63. The van der Waals surface area contributed by atoms with E-state index in [2.05, 4.69) is 13.8 Å². The Morgan fingerprint density at radius 2 is 0.805 bits per heavy atom. The minimum absolute atomic E-state index is 0.153. The van der Waals surface area contributed by atoms with Crippen LogP contribution in [-0.4, -0.2) is 36.7 Å². The summed E-state index contributed by atoms with van der Waals surface area (Å²) in [6.07, 6.45) is 36.2. The van der Waals surface area contributed by atoms with E-state index in [0.29, 0.717) is 18.6 Å². The summed E-state index contributed by atoms with van der Waals surface area (Å²) in [5.41, 5.74) is 0. The highest BCUT2D eigenvalue weighted by Crippen LogP contribution is 2.15.